The third-order valence-electron chi connectivity index (χ3n) is 5.41. The molecule has 0 aromatic heterocycles. The number of nitrogens with one attached hydrogen (secondary N) is 1. The van der Waals surface area contributed by atoms with Gasteiger partial charge in [-0.2, -0.15) is 0 Å². The standard InChI is InChI=1S/C24H28N2O2/c1-24(2)16-20-14-18(17-26-10-12-28-13-11-26)8-9-21(20)22(25-24)15-23(27)19-6-4-3-5-7-19/h3-9,14-15,25H,10-13,16-17H2,1-2H3/b22-15-. The second kappa shape index (κ2) is 7.90. The molecule has 1 N–H and O–H groups in total. The van der Waals surface area contributed by atoms with Crippen molar-refractivity contribution in [2.75, 3.05) is 26.3 Å². The zero-order chi connectivity index (χ0) is 19.6. The van der Waals surface area contributed by atoms with Crippen molar-refractivity contribution in [1.82, 2.24) is 10.2 Å². The van der Waals surface area contributed by atoms with Crippen molar-refractivity contribution in [3.8, 4) is 0 Å². The summed E-state index contributed by atoms with van der Waals surface area (Å²) in [5, 5.41) is 3.56. The van der Waals surface area contributed by atoms with Gasteiger partial charge >= 0.3 is 0 Å². The highest BCUT2D eigenvalue weighted by Gasteiger charge is 2.28. The van der Waals surface area contributed by atoms with E-state index in [1.807, 2.05) is 30.3 Å². The van der Waals surface area contributed by atoms with Crippen molar-refractivity contribution in [2.45, 2.75) is 32.4 Å². The van der Waals surface area contributed by atoms with Gasteiger partial charge in [0.05, 0.1) is 13.2 Å². The lowest BCUT2D eigenvalue weighted by Crippen LogP contribution is -2.44. The average molecular weight is 376 g/mol. The highest BCUT2D eigenvalue weighted by molar-refractivity contribution is 6.08. The minimum Gasteiger partial charge on any atom is -0.379 e. The van der Waals surface area contributed by atoms with E-state index in [1.54, 1.807) is 6.08 Å². The quantitative estimate of drug-likeness (QED) is 0.653. The smallest absolute Gasteiger partial charge is 0.187 e. The van der Waals surface area contributed by atoms with Crippen molar-refractivity contribution in [1.29, 1.82) is 0 Å². The molecular formula is C24H28N2O2. The summed E-state index contributed by atoms with van der Waals surface area (Å²) >= 11 is 0. The number of morpholine rings is 1. The minimum atomic E-state index is -0.0899. The molecule has 2 aromatic rings. The highest BCUT2D eigenvalue weighted by atomic mass is 16.5. The number of hydrogen-bond donors (Lipinski definition) is 1. The number of hydrogen-bond acceptors (Lipinski definition) is 4. The maximum atomic E-state index is 12.7. The molecule has 2 heterocycles. The van der Waals surface area contributed by atoms with Crippen LogP contribution in [0.2, 0.25) is 0 Å². The summed E-state index contributed by atoms with van der Waals surface area (Å²) in [6.07, 6.45) is 2.69. The van der Waals surface area contributed by atoms with Gasteiger partial charge in [0.25, 0.3) is 0 Å². The summed E-state index contributed by atoms with van der Waals surface area (Å²) < 4.78 is 5.45. The van der Waals surface area contributed by atoms with Crippen LogP contribution in [0.25, 0.3) is 5.70 Å². The van der Waals surface area contributed by atoms with Gasteiger partial charge in [-0.1, -0.05) is 48.5 Å². The Morgan fingerprint density at radius 1 is 1.14 bits per heavy atom. The summed E-state index contributed by atoms with van der Waals surface area (Å²) in [4.78, 5) is 15.2. The van der Waals surface area contributed by atoms with Crippen molar-refractivity contribution < 1.29 is 9.53 Å². The predicted octanol–water partition coefficient (Wildman–Crippen LogP) is 3.67. The van der Waals surface area contributed by atoms with E-state index in [-0.39, 0.29) is 11.3 Å². The first kappa shape index (κ1) is 18.9. The van der Waals surface area contributed by atoms with Crippen molar-refractivity contribution in [2.24, 2.45) is 0 Å². The molecule has 0 unspecified atom stereocenters. The number of ether oxygens (including phenoxy) is 1. The molecule has 1 fully saturated rings. The predicted molar refractivity (Wildman–Crippen MR) is 112 cm³/mol. The topological polar surface area (TPSA) is 41.6 Å². The second-order valence-electron chi connectivity index (χ2n) is 8.35. The van der Waals surface area contributed by atoms with Crippen LogP contribution in [-0.2, 0) is 17.7 Å². The van der Waals surface area contributed by atoms with E-state index in [0.717, 1.165) is 50.5 Å². The van der Waals surface area contributed by atoms with Gasteiger partial charge in [0.15, 0.2) is 5.78 Å². The van der Waals surface area contributed by atoms with Crippen LogP contribution in [-0.4, -0.2) is 42.5 Å². The molecule has 2 aromatic carbocycles. The second-order valence-corrected chi connectivity index (χ2v) is 8.35. The molecule has 0 aliphatic carbocycles. The molecule has 0 bridgehead atoms. The van der Waals surface area contributed by atoms with Crippen molar-refractivity contribution in [3.63, 3.8) is 0 Å². The lowest BCUT2D eigenvalue weighted by Gasteiger charge is -2.36. The highest BCUT2D eigenvalue weighted by Crippen LogP contribution is 2.31. The van der Waals surface area contributed by atoms with Crippen LogP contribution >= 0.6 is 0 Å². The van der Waals surface area contributed by atoms with Gasteiger partial charge in [0.1, 0.15) is 0 Å². The molecule has 1 saturated heterocycles. The van der Waals surface area contributed by atoms with E-state index in [9.17, 15) is 4.79 Å². The molecule has 0 amide bonds. The lowest BCUT2D eigenvalue weighted by molar-refractivity contribution is 0.0342. The Kier molecular flexibility index (Phi) is 5.33. The van der Waals surface area contributed by atoms with Crippen LogP contribution in [0.5, 0.6) is 0 Å². The number of carbonyl (C=O) groups is 1. The first-order valence-electron chi connectivity index (χ1n) is 10.0. The maximum Gasteiger partial charge on any atom is 0.187 e. The van der Waals surface area contributed by atoms with Gasteiger partial charge in [0, 0.05) is 48.1 Å². The SMILES string of the molecule is CC1(C)Cc2cc(CN3CCOCC3)ccc2/C(=C/C(=O)c2ccccc2)N1. The molecule has 4 nitrogen and oxygen atoms in total. The van der Waals surface area contributed by atoms with E-state index < -0.39 is 0 Å². The molecule has 28 heavy (non-hydrogen) atoms. The molecule has 0 atom stereocenters. The van der Waals surface area contributed by atoms with E-state index in [1.165, 1.54) is 11.1 Å². The monoisotopic (exact) mass is 376 g/mol. The molecular weight excluding hydrogens is 348 g/mol. The Labute approximate surface area is 167 Å². The molecule has 0 saturated carbocycles. The van der Waals surface area contributed by atoms with Crippen LogP contribution in [0.4, 0.5) is 0 Å². The third-order valence-corrected chi connectivity index (χ3v) is 5.41. The fourth-order valence-corrected chi connectivity index (χ4v) is 4.05. The van der Waals surface area contributed by atoms with Crippen molar-refractivity contribution in [3.05, 3.63) is 76.9 Å². The Morgan fingerprint density at radius 2 is 1.89 bits per heavy atom. The van der Waals surface area contributed by atoms with Gasteiger partial charge in [-0.25, -0.2) is 0 Å². The average Bonchev–Trinajstić information content (AvgIpc) is 2.68. The lowest BCUT2D eigenvalue weighted by atomic mass is 9.84. The first-order chi connectivity index (χ1) is 13.5. The van der Waals surface area contributed by atoms with E-state index in [2.05, 4.69) is 42.3 Å². The van der Waals surface area contributed by atoms with Crippen molar-refractivity contribution >= 4 is 11.5 Å². The number of allylic oxidation sites excluding steroid dienone is 1. The summed E-state index contributed by atoms with van der Waals surface area (Å²) in [7, 11) is 0. The van der Waals surface area contributed by atoms with Crippen LogP contribution in [0.3, 0.4) is 0 Å². The Hall–Kier alpha value is -2.43. The zero-order valence-corrected chi connectivity index (χ0v) is 16.7. The molecule has 0 radical (unpaired) electrons. The van der Waals surface area contributed by atoms with Crippen LogP contribution < -0.4 is 5.32 Å². The summed E-state index contributed by atoms with van der Waals surface area (Å²) in [5.41, 5.74) is 5.31. The van der Waals surface area contributed by atoms with Crippen LogP contribution in [0.1, 0.15) is 40.9 Å². The largest absolute Gasteiger partial charge is 0.379 e. The first-order valence-corrected chi connectivity index (χ1v) is 10.0. The van der Waals surface area contributed by atoms with E-state index in [4.69, 9.17) is 4.74 Å². The summed E-state index contributed by atoms with van der Waals surface area (Å²) in [6.45, 7) is 8.93. The normalized spacial score (nSPS) is 20.4. The van der Waals surface area contributed by atoms with E-state index >= 15 is 0 Å². The fraction of sp³-hybridized carbons (Fsp3) is 0.375. The Bertz CT molecular complexity index is 881. The maximum absolute atomic E-state index is 12.7. The third kappa shape index (κ3) is 4.34. The molecule has 0 spiro atoms. The number of benzene rings is 2. The number of carbonyl (C=O) groups excluding carboxylic acids is 1. The van der Waals surface area contributed by atoms with Gasteiger partial charge in [-0.15, -0.1) is 0 Å². The van der Waals surface area contributed by atoms with Gasteiger partial charge in [0.2, 0.25) is 0 Å². The number of rotatable bonds is 4. The van der Waals surface area contributed by atoms with E-state index in [0.29, 0.717) is 5.56 Å². The Balaban J connectivity index is 1.62. The molecule has 146 valence electrons. The summed E-state index contributed by atoms with van der Waals surface area (Å²) in [6, 6.07) is 16.1. The fourth-order valence-electron chi connectivity index (χ4n) is 4.05. The van der Waals surface area contributed by atoms with Crippen LogP contribution in [0, 0.1) is 0 Å². The van der Waals surface area contributed by atoms with Crippen LogP contribution in [0.15, 0.2) is 54.6 Å². The molecule has 2 aliphatic rings. The molecule has 2 aliphatic heterocycles. The Morgan fingerprint density at radius 3 is 2.64 bits per heavy atom. The number of fused-ring (bicyclic) bond motifs is 1. The number of nitrogens with zero attached hydrogens (tertiary/aromatic N) is 1. The van der Waals surface area contributed by atoms with Gasteiger partial charge < -0.3 is 10.1 Å². The minimum absolute atomic E-state index is 0.0316. The molecule has 4 heteroatoms. The summed E-state index contributed by atoms with van der Waals surface area (Å²) in [5.74, 6) is 0.0316. The number of ketones is 1. The zero-order valence-electron chi connectivity index (χ0n) is 16.7. The van der Waals surface area contributed by atoms with Gasteiger partial charge in [-0.3, -0.25) is 9.69 Å². The molecule has 4 rings (SSSR count). The van der Waals surface area contributed by atoms with Gasteiger partial charge in [-0.05, 0) is 31.4 Å².